The Morgan fingerprint density at radius 3 is 2.28 bits per heavy atom. The monoisotopic (exact) mass is 525 g/mol. The summed E-state index contributed by atoms with van der Waals surface area (Å²) in [5, 5.41) is 15.4. The van der Waals surface area contributed by atoms with Crippen LogP contribution in [0.15, 0.2) is 66.2 Å². The predicted octanol–water partition coefficient (Wildman–Crippen LogP) is 6.34. The van der Waals surface area contributed by atoms with Crippen molar-refractivity contribution in [1.82, 2.24) is 10.3 Å². The maximum Gasteiger partial charge on any atom is 0.404 e. The molecule has 8 heteroatoms. The minimum absolute atomic E-state index is 0.0124. The molecule has 0 aliphatic rings. The van der Waals surface area contributed by atoms with Gasteiger partial charge in [0.25, 0.3) is 0 Å². The fourth-order valence-corrected chi connectivity index (χ4v) is 6.00. The Morgan fingerprint density at radius 2 is 1.72 bits per heavy atom. The molecule has 3 atom stereocenters. The third-order valence-corrected chi connectivity index (χ3v) is 12.3. The number of amides is 1. The summed E-state index contributed by atoms with van der Waals surface area (Å²) in [4.78, 5) is 16.2. The number of hydrogen-bond acceptors (Lipinski definition) is 5. The highest BCUT2D eigenvalue weighted by atomic mass is 32.1. The van der Waals surface area contributed by atoms with E-state index in [1.54, 1.807) is 11.3 Å². The number of carbonyl (C=O) groups is 1. The van der Waals surface area contributed by atoms with Gasteiger partial charge in [-0.1, -0.05) is 75.4 Å². The third kappa shape index (κ3) is 7.99. The van der Waals surface area contributed by atoms with Crippen molar-refractivity contribution in [1.29, 1.82) is 0 Å². The Morgan fingerprint density at radius 1 is 1.08 bits per heavy atom. The number of benzene rings is 2. The first kappa shape index (κ1) is 28.1. The number of nitrogens with two attached hydrogens (primary N) is 1. The van der Waals surface area contributed by atoms with E-state index in [-0.39, 0.29) is 17.2 Å². The number of thiazole rings is 1. The molecule has 2 aromatic carbocycles. The average Bonchev–Trinajstić information content (AvgIpc) is 3.33. The molecule has 36 heavy (non-hydrogen) atoms. The zero-order chi connectivity index (χ0) is 26.3. The summed E-state index contributed by atoms with van der Waals surface area (Å²) in [6.07, 6.45) is 2.20. The number of rotatable bonds is 11. The molecule has 4 N–H and O–H groups in total. The normalized spacial score (nSPS) is 14.7. The summed E-state index contributed by atoms with van der Waals surface area (Å²) in [5.74, 6) is 0. The van der Waals surface area contributed by atoms with E-state index in [1.165, 1.54) is 0 Å². The topological polar surface area (TPSA) is 97.5 Å². The van der Waals surface area contributed by atoms with Crippen molar-refractivity contribution in [3.8, 4) is 10.6 Å². The van der Waals surface area contributed by atoms with Crippen LogP contribution in [0.1, 0.15) is 38.3 Å². The van der Waals surface area contributed by atoms with Gasteiger partial charge in [0.2, 0.25) is 0 Å². The lowest BCUT2D eigenvalue weighted by Gasteiger charge is -2.42. The minimum atomic E-state index is -2.19. The van der Waals surface area contributed by atoms with Crippen molar-refractivity contribution in [2.75, 3.05) is 0 Å². The highest BCUT2D eigenvalue weighted by molar-refractivity contribution is 7.13. The SMILES string of the molecule is CC(C)(C)[Si](C)(C)O[C@H](C[C@@H](N)Cc1ccc(-c2nccs2)cc1)[C@H](Cc1ccccc1)NC(=O)O. The molecule has 0 aliphatic carbocycles. The van der Waals surface area contributed by atoms with Crippen LogP contribution in [0, 0.1) is 0 Å². The van der Waals surface area contributed by atoms with Gasteiger partial charge in [-0.25, -0.2) is 9.78 Å². The van der Waals surface area contributed by atoms with Gasteiger partial charge in [0.1, 0.15) is 5.01 Å². The van der Waals surface area contributed by atoms with Gasteiger partial charge in [0, 0.05) is 23.2 Å². The van der Waals surface area contributed by atoms with Crippen LogP contribution >= 0.6 is 11.3 Å². The molecule has 0 unspecified atom stereocenters. The summed E-state index contributed by atoms with van der Waals surface area (Å²) in [6.45, 7) is 11.0. The molecule has 0 spiro atoms. The first-order chi connectivity index (χ1) is 16.9. The molecule has 1 amide bonds. The van der Waals surface area contributed by atoms with Gasteiger partial charge in [-0.2, -0.15) is 0 Å². The first-order valence-corrected chi connectivity index (χ1v) is 16.2. The van der Waals surface area contributed by atoms with E-state index in [4.69, 9.17) is 10.2 Å². The van der Waals surface area contributed by atoms with E-state index >= 15 is 0 Å². The van der Waals surface area contributed by atoms with Crippen molar-refractivity contribution in [3.05, 3.63) is 77.3 Å². The van der Waals surface area contributed by atoms with Crippen LogP contribution in [0.4, 0.5) is 4.79 Å². The summed E-state index contributed by atoms with van der Waals surface area (Å²) in [7, 11) is -2.19. The summed E-state index contributed by atoms with van der Waals surface area (Å²) >= 11 is 1.62. The highest BCUT2D eigenvalue weighted by Gasteiger charge is 2.41. The molecular weight excluding hydrogens is 486 g/mol. The van der Waals surface area contributed by atoms with Crippen LogP contribution < -0.4 is 11.1 Å². The molecule has 194 valence electrons. The maximum absolute atomic E-state index is 11.8. The van der Waals surface area contributed by atoms with Gasteiger partial charge in [-0.3, -0.25) is 0 Å². The Balaban J connectivity index is 1.80. The summed E-state index contributed by atoms with van der Waals surface area (Å²) < 4.78 is 6.84. The molecule has 0 saturated heterocycles. The molecular formula is C28H39N3O3SSi. The lowest BCUT2D eigenvalue weighted by atomic mass is 9.94. The van der Waals surface area contributed by atoms with E-state index in [1.807, 2.05) is 41.9 Å². The van der Waals surface area contributed by atoms with Crippen molar-refractivity contribution in [3.63, 3.8) is 0 Å². The average molecular weight is 526 g/mol. The lowest BCUT2D eigenvalue weighted by Crippen LogP contribution is -2.54. The quantitative estimate of drug-likeness (QED) is 0.254. The van der Waals surface area contributed by atoms with Crippen LogP contribution in [0.3, 0.4) is 0 Å². The van der Waals surface area contributed by atoms with Gasteiger partial charge < -0.3 is 20.6 Å². The third-order valence-electron chi connectivity index (χ3n) is 6.97. The van der Waals surface area contributed by atoms with Crippen molar-refractivity contribution in [2.24, 2.45) is 5.73 Å². The first-order valence-electron chi connectivity index (χ1n) is 12.4. The molecule has 0 aliphatic heterocycles. The van der Waals surface area contributed by atoms with Crippen LogP contribution in [0.2, 0.25) is 18.1 Å². The Labute approximate surface area is 220 Å². The summed E-state index contributed by atoms with van der Waals surface area (Å²) in [5.41, 5.74) is 9.97. The fraction of sp³-hybridized carbons (Fsp3) is 0.429. The summed E-state index contributed by atoms with van der Waals surface area (Å²) in [6, 6.07) is 17.7. The number of nitrogens with one attached hydrogen (secondary N) is 1. The smallest absolute Gasteiger partial charge is 0.404 e. The number of nitrogens with zero attached hydrogens (tertiary/aromatic N) is 1. The van der Waals surface area contributed by atoms with E-state index in [9.17, 15) is 9.90 Å². The number of carboxylic acid groups (broad SMARTS) is 1. The minimum Gasteiger partial charge on any atom is -0.465 e. The molecule has 0 bridgehead atoms. The van der Waals surface area contributed by atoms with Gasteiger partial charge in [0.15, 0.2) is 8.32 Å². The zero-order valence-corrected chi connectivity index (χ0v) is 23.7. The Kier molecular flexibility index (Phi) is 9.46. The fourth-order valence-electron chi connectivity index (χ4n) is 3.99. The maximum atomic E-state index is 11.8. The molecule has 3 rings (SSSR count). The molecule has 1 heterocycles. The van der Waals surface area contributed by atoms with Gasteiger partial charge in [-0.05, 0) is 48.5 Å². The largest absolute Gasteiger partial charge is 0.465 e. The molecule has 6 nitrogen and oxygen atoms in total. The second kappa shape index (κ2) is 12.1. The van der Waals surface area contributed by atoms with E-state index in [0.29, 0.717) is 19.3 Å². The second-order valence-corrected chi connectivity index (χ2v) is 16.5. The Bertz CT molecular complexity index is 1080. The zero-order valence-electron chi connectivity index (χ0n) is 21.9. The van der Waals surface area contributed by atoms with Gasteiger partial charge >= 0.3 is 6.09 Å². The van der Waals surface area contributed by atoms with Crippen LogP contribution in [0.5, 0.6) is 0 Å². The molecule has 0 fully saturated rings. The predicted molar refractivity (Wildman–Crippen MR) is 151 cm³/mol. The molecule has 0 saturated carbocycles. The number of hydrogen-bond donors (Lipinski definition) is 3. The molecule has 0 radical (unpaired) electrons. The standard InChI is InChI=1S/C28H39N3O3SSi/c1-28(2,3)36(4,5)34-25(24(31-27(32)33)18-20-9-7-6-8-10-20)19-23(29)17-21-11-13-22(14-12-21)26-30-15-16-35-26/h6-16,23-25,31H,17-19,29H2,1-5H3,(H,32,33)/t23-,24-,25+/m0/s1. The van der Waals surface area contributed by atoms with Crippen molar-refractivity contribution >= 4 is 25.7 Å². The molecule has 1 aromatic heterocycles. The van der Waals surface area contributed by atoms with E-state index in [0.717, 1.165) is 21.7 Å². The van der Waals surface area contributed by atoms with Gasteiger partial charge in [-0.15, -0.1) is 11.3 Å². The van der Waals surface area contributed by atoms with Crippen molar-refractivity contribution < 1.29 is 14.3 Å². The highest BCUT2D eigenvalue weighted by Crippen LogP contribution is 2.38. The molecule has 3 aromatic rings. The van der Waals surface area contributed by atoms with Crippen LogP contribution in [-0.4, -0.2) is 42.7 Å². The van der Waals surface area contributed by atoms with E-state index < -0.39 is 20.5 Å². The lowest BCUT2D eigenvalue weighted by molar-refractivity contribution is 0.113. The Hall–Kier alpha value is -2.52. The van der Waals surface area contributed by atoms with Crippen molar-refractivity contribution in [2.45, 2.75) is 76.4 Å². The van der Waals surface area contributed by atoms with Crippen LogP contribution in [-0.2, 0) is 17.3 Å². The van der Waals surface area contributed by atoms with Gasteiger partial charge in [0.05, 0.1) is 12.1 Å². The second-order valence-electron chi connectivity index (χ2n) is 10.9. The van der Waals surface area contributed by atoms with E-state index in [2.05, 4.69) is 68.4 Å². The van der Waals surface area contributed by atoms with Crippen LogP contribution in [0.25, 0.3) is 10.6 Å². The number of aromatic nitrogens is 1.